The summed E-state index contributed by atoms with van der Waals surface area (Å²) in [5.74, 6) is 0.308. The monoisotopic (exact) mass is 376 g/mol. The van der Waals surface area contributed by atoms with Crippen LogP contribution in [0.2, 0.25) is 0 Å². The number of nitrogens with zero attached hydrogens (tertiary/aromatic N) is 2. The molecule has 7 heteroatoms. The minimum Gasteiger partial charge on any atom is -0.497 e. The van der Waals surface area contributed by atoms with Gasteiger partial charge in [-0.2, -0.15) is 5.10 Å². The van der Waals surface area contributed by atoms with Crippen LogP contribution in [0.3, 0.4) is 0 Å². The van der Waals surface area contributed by atoms with Crippen molar-refractivity contribution in [3.63, 3.8) is 0 Å². The maximum Gasteiger partial charge on any atom is 0.282 e. The first kappa shape index (κ1) is 19.0. The topological polar surface area (TPSA) is 36.3 Å². The Kier molecular flexibility index (Phi) is 5.81. The fraction of sp³-hybridized carbons (Fsp3) is 0.250. The molecule has 0 aliphatic carbocycles. The third-order valence-electron chi connectivity index (χ3n) is 4.17. The molecule has 0 bridgehead atoms. The summed E-state index contributed by atoms with van der Waals surface area (Å²) in [6, 6.07) is 12.7. The van der Waals surface area contributed by atoms with Crippen LogP contribution in [0, 0.1) is 5.82 Å². The van der Waals surface area contributed by atoms with E-state index in [0.29, 0.717) is 17.9 Å². The summed E-state index contributed by atoms with van der Waals surface area (Å²) in [6.45, 7) is 2.09. The molecule has 0 N–H and O–H groups in total. The Labute approximate surface area is 155 Å². The summed E-state index contributed by atoms with van der Waals surface area (Å²) >= 11 is 0. The van der Waals surface area contributed by atoms with E-state index < -0.39 is 18.3 Å². The van der Waals surface area contributed by atoms with Crippen LogP contribution in [0.5, 0.6) is 5.75 Å². The molecule has 142 valence electrons. The third kappa shape index (κ3) is 4.49. The van der Waals surface area contributed by atoms with Crippen molar-refractivity contribution in [1.29, 1.82) is 0 Å². The number of hydrogen-bond acceptors (Lipinski definition) is 3. The zero-order valence-corrected chi connectivity index (χ0v) is 14.9. The molecule has 1 heterocycles. The van der Waals surface area contributed by atoms with Gasteiger partial charge in [0.25, 0.3) is 6.43 Å². The number of ether oxygens (including phenoxy) is 2. The lowest BCUT2D eigenvalue weighted by Crippen LogP contribution is -2.08. The molecule has 2 aromatic carbocycles. The zero-order chi connectivity index (χ0) is 19.4. The SMILES string of the molecule is COc1ccc(COC(C)c2cc(F)ccc2-n2ccc(C(F)F)n2)cc1. The molecule has 1 unspecified atom stereocenters. The number of alkyl halides is 2. The molecule has 0 saturated heterocycles. The molecular formula is C20H19F3N2O2. The highest BCUT2D eigenvalue weighted by molar-refractivity contribution is 5.42. The largest absolute Gasteiger partial charge is 0.497 e. The molecule has 0 amide bonds. The molecule has 4 nitrogen and oxygen atoms in total. The molecule has 0 spiro atoms. The van der Waals surface area contributed by atoms with Crippen molar-refractivity contribution in [1.82, 2.24) is 9.78 Å². The van der Waals surface area contributed by atoms with Gasteiger partial charge in [-0.1, -0.05) is 12.1 Å². The molecule has 0 aliphatic rings. The highest BCUT2D eigenvalue weighted by Gasteiger charge is 2.17. The average molecular weight is 376 g/mol. The first-order valence-corrected chi connectivity index (χ1v) is 8.36. The molecule has 0 fully saturated rings. The molecular weight excluding hydrogens is 357 g/mol. The number of hydrogen-bond donors (Lipinski definition) is 0. The fourth-order valence-electron chi connectivity index (χ4n) is 2.68. The van der Waals surface area contributed by atoms with E-state index in [9.17, 15) is 13.2 Å². The van der Waals surface area contributed by atoms with Gasteiger partial charge in [0.2, 0.25) is 0 Å². The maximum absolute atomic E-state index is 13.8. The van der Waals surface area contributed by atoms with E-state index in [1.54, 1.807) is 14.0 Å². The van der Waals surface area contributed by atoms with Crippen molar-refractivity contribution in [2.24, 2.45) is 0 Å². The van der Waals surface area contributed by atoms with Gasteiger partial charge in [0.1, 0.15) is 17.3 Å². The second kappa shape index (κ2) is 8.26. The maximum atomic E-state index is 13.8. The van der Waals surface area contributed by atoms with Gasteiger partial charge in [-0.3, -0.25) is 0 Å². The second-order valence-corrected chi connectivity index (χ2v) is 5.99. The highest BCUT2D eigenvalue weighted by Crippen LogP contribution is 2.27. The van der Waals surface area contributed by atoms with E-state index in [2.05, 4.69) is 5.10 Å². The predicted molar refractivity (Wildman–Crippen MR) is 94.7 cm³/mol. The van der Waals surface area contributed by atoms with Crippen LogP contribution in [0.15, 0.2) is 54.7 Å². The third-order valence-corrected chi connectivity index (χ3v) is 4.17. The Bertz CT molecular complexity index is 894. The molecule has 3 aromatic rings. The second-order valence-electron chi connectivity index (χ2n) is 5.99. The van der Waals surface area contributed by atoms with Gasteiger partial charge in [0, 0.05) is 11.8 Å². The van der Waals surface area contributed by atoms with Gasteiger partial charge in [-0.15, -0.1) is 0 Å². The van der Waals surface area contributed by atoms with E-state index in [1.807, 2.05) is 24.3 Å². The van der Waals surface area contributed by atoms with Crippen LogP contribution in [0.4, 0.5) is 13.2 Å². The van der Waals surface area contributed by atoms with E-state index in [4.69, 9.17) is 9.47 Å². The van der Waals surface area contributed by atoms with Gasteiger partial charge < -0.3 is 9.47 Å². The van der Waals surface area contributed by atoms with Gasteiger partial charge in [-0.05, 0) is 48.9 Å². The highest BCUT2D eigenvalue weighted by atomic mass is 19.3. The van der Waals surface area contributed by atoms with E-state index in [1.165, 1.54) is 35.1 Å². The van der Waals surface area contributed by atoms with E-state index in [0.717, 1.165) is 11.3 Å². The normalized spacial score (nSPS) is 12.4. The molecule has 0 aliphatic heterocycles. The standard InChI is InChI=1S/C20H19F3N2O2/c1-13(27-12-14-3-6-16(26-2)7-4-14)17-11-15(21)5-8-19(17)25-10-9-18(24-25)20(22)23/h3-11,13,20H,12H2,1-2H3. The Balaban J connectivity index is 1.80. The summed E-state index contributed by atoms with van der Waals surface area (Å²) in [7, 11) is 1.59. The van der Waals surface area contributed by atoms with Crippen molar-refractivity contribution in [3.05, 3.63) is 77.4 Å². The Hall–Kier alpha value is -2.80. The zero-order valence-electron chi connectivity index (χ0n) is 14.9. The van der Waals surface area contributed by atoms with Gasteiger partial charge in [0.15, 0.2) is 0 Å². The number of rotatable bonds is 7. The summed E-state index contributed by atoms with van der Waals surface area (Å²) < 4.78 is 51.7. The quantitative estimate of drug-likeness (QED) is 0.566. The molecule has 1 atom stereocenters. The molecule has 27 heavy (non-hydrogen) atoms. The molecule has 0 saturated carbocycles. The summed E-state index contributed by atoms with van der Waals surface area (Å²) in [6.07, 6.45) is -1.72. The van der Waals surface area contributed by atoms with Crippen molar-refractivity contribution in [2.45, 2.75) is 26.1 Å². The Morgan fingerprint density at radius 2 is 1.81 bits per heavy atom. The van der Waals surface area contributed by atoms with Crippen molar-refractivity contribution < 1.29 is 22.6 Å². The van der Waals surface area contributed by atoms with Crippen LogP contribution in [-0.4, -0.2) is 16.9 Å². The Morgan fingerprint density at radius 3 is 2.44 bits per heavy atom. The van der Waals surface area contributed by atoms with E-state index >= 15 is 0 Å². The summed E-state index contributed by atoms with van der Waals surface area (Å²) in [5, 5.41) is 3.86. The lowest BCUT2D eigenvalue weighted by molar-refractivity contribution is 0.0522. The number of benzene rings is 2. The van der Waals surface area contributed by atoms with Crippen LogP contribution in [0.1, 0.15) is 36.3 Å². The molecule has 1 aromatic heterocycles. The van der Waals surface area contributed by atoms with Crippen molar-refractivity contribution in [2.75, 3.05) is 7.11 Å². The fourth-order valence-corrected chi connectivity index (χ4v) is 2.68. The number of aromatic nitrogens is 2. The van der Waals surface area contributed by atoms with Crippen molar-refractivity contribution in [3.8, 4) is 11.4 Å². The molecule has 3 rings (SSSR count). The smallest absolute Gasteiger partial charge is 0.282 e. The van der Waals surface area contributed by atoms with Gasteiger partial charge in [-0.25, -0.2) is 17.9 Å². The predicted octanol–water partition coefficient (Wildman–Crippen LogP) is 5.24. The minimum atomic E-state index is -2.67. The number of methoxy groups -OCH3 is 1. The summed E-state index contributed by atoms with van der Waals surface area (Å²) in [4.78, 5) is 0. The van der Waals surface area contributed by atoms with E-state index in [-0.39, 0.29) is 5.69 Å². The van der Waals surface area contributed by atoms with Crippen LogP contribution in [0.25, 0.3) is 5.69 Å². The van der Waals surface area contributed by atoms with Crippen LogP contribution in [-0.2, 0) is 11.3 Å². The average Bonchev–Trinajstić information content (AvgIpc) is 3.16. The van der Waals surface area contributed by atoms with Gasteiger partial charge >= 0.3 is 0 Å². The van der Waals surface area contributed by atoms with Crippen LogP contribution < -0.4 is 4.74 Å². The minimum absolute atomic E-state index is 0.308. The number of halogens is 3. The first-order chi connectivity index (χ1) is 13.0. The van der Waals surface area contributed by atoms with Crippen LogP contribution >= 0.6 is 0 Å². The van der Waals surface area contributed by atoms with Gasteiger partial charge in [0.05, 0.1) is 25.5 Å². The lowest BCUT2D eigenvalue weighted by Gasteiger charge is -2.18. The van der Waals surface area contributed by atoms with Crippen molar-refractivity contribution >= 4 is 0 Å². The first-order valence-electron chi connectivity index (χ1n) is 8.36. The summed E-state index contributed by atoms with van der Waals surface area (Å²) in [5.41, 5.74) is 1.61. The molecule has 0 radical (unpaired) electrons. The Morgan fingerprint density at radius 1 is 1.07 bits per heavy atom. The lowest BCUT2D eigenvalue weighted by atomic mass is 10.1.